The number of allylic oxidation sites excluding steroid dienone is 2. The van der Waals surface area contributed by atoms with Crippen LogP contribution in [0.4, 0.5) is 22.4 Å². The lowest BCUT2D eigenvalue weighted by Crippen LogP contribution is -2.50. The third-order valence-electron chi connectivity index (χ3n) is 5.42. The molecule has 6 nitrogen and oxygen atoms in total. The fraction of sp³-hybridized carbons (Fsp3) is 0.500. The average Bonchev–Trinajstić information content (AvgIpc) is 2.73. The summed E-state index contributed by atoms with van der Waals surface area (Å²) in [6.07, 6.45) is -1.20. The van der Waals surface area contributed by atoms with E-state index in [2.05, 4.69) is 10.3 Å². The number of amides is 2. The molecule has 2 heterocycles. The van der Waals surface area contributed by atoms with Gasteiger partial charge >= 0.3 is 12.2 Å². The Morgan fingerprint density at radius 1 is 1.39 bits per heavy atom. The number of carbonyl (C=O) groups is 1. The van der Waals surface area contributed by atoms with Gasteiger partial charge in [-0.25, -0.2) is 9.18 Å². The first-order chi connectivity index (χ1) is 14.5. The lowest BCUT2D eigenvalue weighted by molar-refractivity contribution is -0.0886. The minimum absolute atomic E-state index is 0.00291. The van der Waals surface area contributed by atoms with E-state index in [1.807, 2.05) is 0 Å². The molecular weight excluding hydrogens is 442 g/mol. The van der Waals surface area contributed by atoms with E-state index in [9.17, 15) is 23.1 Å². The van der Waals surface area contributed by atoms with Crippen LogP contribution in [0.25, 0.3) is 0 Å². The van der Waals surface area contributed by atoms with Gasteiger partial charge in [-0.2, -0.15) is 13.2 Å². The number of nitrogens with zero attached hydrogens (tertiary/aromatic N) is 2. The van der Waals surface area contributed by atoms with Crippen LogP contribution in [0.3, 0.4) is 0 Å². The number of hydrogen-bond acceptors (Lipinski definition) is 4. The summed E-state index contributed by atoms with van der Waals surface area (Å²) in [5, 5.41) is 21.3. The smallest absolute Gasteiger partial charge is 0.393 e. The van der Waals surface area contributed by atoms with Crippen LogP contribution in [-0.2, 0) is 5.67 Å². The van der Waals surface area contributed by atoms with Gasteiger partial charge in [-0.1, -0.05) is 29.8 Å². The highest BCUT2D eigenvalue weighted by Crippen LogP contribution is 2.40. The van der Waals surface area contributed by atoms with E-state index in [0.29, 0.717) is 0 Å². The van der Waals surface area contributed by atoms with Gasteiger partial charge in [0.05, 0.1) is 28.9 Å². The summed E-state index contributed by atoms with van der Waals surface area (Å²) in [7, 11) is 0. The van der Waals surface area contributed by atoms with E-state index in [4.69, 9.17) is 16.7 Å². The number of hydrogen-bond donors (Lipinski definition) is 3. The summed E-state index contributed by atoms with van der Waals surface area (Å²) < 4.78 is 53.4. The van der Waals surface area contributed by atoms with Gasteiger partial charge in [0.2, 0.25) is 0 Å². The second-order valence-corrected chi connectivity index (χ2v) is 7.97. The van der Waals surface area contributed by atoms with Crippen molar-refractivity contribution in [3.05, 3.63) is 52.3 Å². The summed E-state index contributed by atoms with van der Waals surface area (Å²) in [6.45, 7) is -0.380. The Morgan fingerprint density at radius 2 is 2.06 bits per heavy atom. The second-order valence-electron chi connectivity index (χ2n) is 7.56. The highest BCUT2D eigenvalue weighted by atomic mass is 35.5. The number of urea groups is 1. The fourth-order valence-corrected chi connectivity index (χ4v) is 3.90. The topological polar surface area (TPSA) is 85.7 Å². The zero-order valence-electron chi connectivity index (χ0n) is 16.4. The Bertz CT molecular complexity index is 883. The Morgan fingerprint density at radius 3 is 2.58 bits per heavy atom. The lowest BCUT2D eigenvalue weighted by Gasteiger charge is -2.37. The maximum Gasteiger partial charge on any atom is 0.416 e. The third-order valence-corrected chi connectivity index (χ3v) is 5.71. The average molecular weight is 464 g/mol. The highest BCUT2D eigenvalue weighted by molar-refractivity contribution is 6.31. The van der Waals surface area contributed by atoms with Gasteiger partial charge in [-0.05, 0) is 12.5 Å². The monoisotopic (exact) mass is 463 g/mol. The normalized spacial score (nSPS) is 22.1. The van der Waals surface area contributed by atoms with Crippen molar-refractivity contribution in [1.29, 1.82) is 0 Å². The molecule has 2 aliphatic rings. The van der Waals surface area contributed by atoms with Crippen LogP contribution in [-0.4, -0.2) is 58.0 Å². The molecule has 2 amide bonds. The molecule has 11 heteroatoms. The second kappa shape index (κ2) is 9.13. The molecule has 3 rings (SSSR count). The minimum atomic E-state index is -4.42. The summed E-state index contributed by atoms with van der Waals surface area (Å²) in [5.41, 5.74) is -2.35. The maximum atomic E-state index is 15.5. The highest BCUT2D eigenvalue weighted by Gasteiger charge is 2.41. The quantitative estimate of drug-likeness (QED) is 0.596. The van der Waals surface area contributed by atoms with E-state index in [1.54, 1.807) is 0 Å². The van der Waals surface area contributed by atoms with Gasteiger partial charge in [-0.15, -0.1) is 0 Å². The van der Waals surface area contributed by atoms with Crippen molar-refractivity contribution in [3.63, 3.8) is 0 Å². The minimum Gasteiger partial charge on any atom is -0.393 e. The van der Waals surface area contributed by atoms with Crippen molar-refractivity contribution >= 4 is 17.6 Å². The molecule has 0 bridgehead atoms. The van der Waals surface area contributed by atoms with Crippen LogP contribution in [0.2, 0.25) is 5.02 Å². The number of nitrogens with one attached hydrogen (secondary N) is 1. The van der Waals surface area contributed by atoms with E-state index < -0.39 is 42.2 Å². The first kappa shape index (κ1) is 23.5. The zero-order valence-corrected chi connectivity index (χ0v) is 17.1. The molecule has 2 atom stereocenters. The number of carbonyl (C=O) groups excluding carboxylic acids is 1. The molecule has 170 valence electrons. The third kappa shape index (κ3) is 5.36. The van der Waals surface area contributed by atoms with Crippen LogP contribution in [0.15, 0.2) is 36.1 Å². The number of rotatable bonds is 4. The molecule has 0 spiro atoms. The number of pyridine rings is 1. The number of piperidine rings is 1. The number of halogens is 5. The van der Waals surface area contributed by atoms with E-state index in [1.165, 1.54) is 23.2 Å². The number of aromatic nitrogens is 1. The number of likely N-dealkylation sites (tertiary alicyclic amines) is 1. The number of alkyl halides is 4. The Labute approximate surface area is 181 Å². The van der Waals surface area contributed by atoms with Gasteiger partial charge in [0.1, 0.15) is 6.10 Å². The van der Waals surface area contributed by atoms with Gasteiger partial charge in [0.15, 0.2) is 5.67 Å². The molecule has 1 saturated heterocycles. The molecule has 1 aromatic rings. The van der Waals surface area contributed by atoms with E-state index in [-0.39, 0.29) is 48.6 Å². The summed E-state index contributed by atoms with van der Waals surface area (Å²) in [4.78, 5) is 17.9. The molecule has 0 aromatic carbocycles. The van der Waals surface area contributed by atoms with Crippen LogP contribution in [0.1, 0.15) is 36.6 Å². The Balaban J connectivity index is 1.57. The lowest BCUT2D eigenvalue weighted by atomic mass is 9.89. The van der Waals surface area contributed by atoms with Crippen molar-refractivity contribution in [3.8, 4) is 0 Å². The molecule has 1 aliphatic heterocycles. The molecule has 1 aliphatic carbocycles. The zero-order chi connectivity index (χ0) is 22.8. The molecule has 0 saturated carbocycles. The summed E-state index contributed by atoms with van der Waals surface area (Å²) in [6, 6.07) is 0.293. The number of aliphatic hydroxyl groups excluding tert-OH is 2. The van der Waals surface area contributed by atoms with Crippen LogP contribution < -0.4 is 5.32 Å². The van der Waals surface area contributed by atoms with Gasteiger partial charge in [0, 0.05) is 37.7 Å². The molecule has 1 unspecified atom stereocenters. The van der Waals surface area contributed by atoms with Gasteiger partial charge in [-0.3, -0.25) is 4.98 Å². The van der Waals surface area contributed by atoms with Crippen molar-refractivity contribution in [2.45, 2.75) is 43.3 Å². The molecular formula is C20H22ClF4N3O3. The van der Waals surface area contributed by atoms with Crippen molar-refractivity contribution in [2.24, 2.45) is 0 Å². The van der Waals surface area contributed by atoms with Crippen molar-refractivity contribution < 1.29 is 32.6 Å². The molecule has 1 fully saturated rings. The first-order valence-electron chi connectivity index (χ1n) is 9.68. The summed E-state index contributed by atoms with van der Waals surface area (Å²) >= 11 is 6.14. The largest absolute Gasteiger partial charge is 0.416 e. The first-order valence-corrected chi connectivity index (χ1v) is 10.1. The number of aliphatic hydroxyl groups is 2. The summed E-state index contributed by atoms with van der Waals surface area (Å²) in [5.74, 6) is 0. The Hall–Kier alpha value is -2.17. The molecule has 31 heavy (non-hydrogen) atoms. The standard InChI is InChI=1S/C20H22ClF4N3O3/c21-15-9-12(16(30)11-29)10-26-17(15)19(22)5-7-28(8-6-19)18(31)27-14-3-1-13(2-4-14)20(23,24)25/h1-3,9-10,14,16,29-30H,4-8,11H2,(H,27,31)/t14?,16-/m1/s1. The van der Waals surface area contributed by atoms with Crippen molar-refractivity contribution in [2.75, 3.05) is 19.7 Å². The van der Waals surface area contributed by atoms with Gasteiger partial charge < -0.3 is 20.4 Å². The van der Waals surface area contributed by atoms with Crippen LogP contribution in [0.5, 0.6) is 0 Å². The SMILES string of the molecule is O=C(NC1C=CC(C(F)(F)F)=CC1)N1CCC(F)(c2ncc([C@H](O)CO)cc2Cl)CC1. The van der Waals surface area contributed by atoms with Gasteiger partial charge in [0.25, 0.3) is 0 Å². The van der Waals surface area contributed by atoms with E-state index >= 15 is 4.39 Å². The van der Waals surface area contributed by atoms with Crippen molar-refractivity contribution in [1.82, 2.24) is 15.2 Å². The fourth-order valence-electron chi connectivity index (χ4n) is 3.56. The maximum absolute atomic E-state index is 15.5. The molecule has 3 N–H and O–H groups in total. The Kier molecular flexibility index (Phi) is 6.92. The molecule has 0 radical (unpaired) electrons. The predicted molar refractivity (Wildman–Crippen MR) is 105 cm³/mol. The van der Waals surface area contributed by atoms with E-state index in [0.717, 1.165) is 12.2 Å². The predicted octanol–water partition coefficient (Wildman–Crippen LogP) is 3.55. The molecule has 1 aromatic heterocycles. The van der Waals surface area contributed by atoms with Crippen LogP contribution in [0, 0.1) is 0 Å². The van der Waals surface area contributed by atoms with Crippen LogP contribution >= 0.6 is 11.6 Å².